The van der Waals surface area contributed by atoms with Crippen molar-refractivity contribution >= 4 is 5.91 Å². The predicted octanol–water partition coefficient (Wildman–Crippen LogP) is 4.58. The quantitative estimate of drug-likeness (QED) is 0.527. The number of hydrogen-bond acceptors (Lipinski definition) is 5. The Morgan fingerprint density at radius 2 is 1.77 bits per heavy atom. The zero-order valence-electron chi connectivity index (χ0n) is 17.6. The van der Waals surface area contributed by atoms with Crippen molar-refractivity contribution < 1.29 is 18.3 Å². The SMILES string of the molecule is CCN(C(=O)c1ncccc1-c1ccccc1)[C@@H](C)COc1ncc(C(C)(F)F)cn1. The van der Waals surface area contributed by atoms with Crippen molar-refractivity contribution in [3.8, 4) is 17.1 Å². The van der Waals surface area contributed by atoms with Crippen molar-refractivity contribution in [2.24, 2.45) is 0 Å². The van der Waals surface area contributed by atoms with Gasteiger partial charge in [-0.3, -0.25) is 9.78 Å². The lowest BCUT2D eigenvalue weighted by Crippen LogP contribution is -2.42. The zero-order valence-corrected chi connectivity index (χ0v) is 17.6. The van der Waals surface area contributed by atoms with E-state index in [1.807, 2.05) is 50.2 Å². The summed E-state index contributed by atoms with van der Waals surface area (Å²) in [5.74, 6) is -3.24. The molecule has 1 atom stereocenters. The number of ether oxygens (including phenoxy) is 1. The Kier molecular flexibility index (Phi) is 6.89. The summed E-state index contributed by atoms with van der Waals surface area (Å²) in [6.07, 6.45) is 3.67. The highest BCUT2D eigenvalue weighted by atomic mass is 19.3. The molecule has 0 saturated heterocycles. The van der Waals surface area contributed by atoms with E-state index in [9.17, 15) is 13.6 Å². The molecule has 0 fully saturated rings. The molecular weight excluding hydrogens is 402 g/mol. The molecule has 0 aliphatic carbocycles. The highest BCUT2D eigenvalue weighted by Gasteiger charge is 2.26. The van der Waals surface area contributed by atoms with Crippen LogP contribution < -0.4 is 4.74 Å². The predicted molar refractivity (Wildman–Crippen MR) is 113 cm³/mol. The van der Waals surface area contributed by atoms with E-state index in [1.54, 1.807) is 17.2 Å². The van der Waals surface area contributed by atoms with E-state index in [2.05, 4.69) is 15.0 Å². The summed E-state index contributed by atoms with van der Waals surface area (Å²) >= 11 is 0. The molecule has 3 aromatic rings. The van der Waals surface area contributed by atoms with Gasteiger partial charge in [-0.25, -0.2) is 18.7 Å². The average molecular weight is 426 g/mol. The molecule has 2 aromatic heterocycles. The van der Waals surface area contributed by atoms with Crippen molar-refractivity contribution in [3.05, 3.63) is 72.3 Å². The maximum atomic E-state index is 13.3. The van der Waals surface area contributed by atoms with Crippen molar-refractivity contribution in [1.29, 1.82) is 0 Å². The molecule has 0 spiro atoms. The van der Waals surface area contributed by atoms with E-state index < -0.39 is 5.92 Å². The number of rotatable bonds is 8. The molecular formula is C23H24F2N4O2. The van der Waals surface area contributed by atoms with Gasteiger partial charge in [0.2, 0.25) is 0 Å². The van der Waals surface area contributed by atoms with E-state index in [1.165, 1.54) is 0 Å². The van der Waals surface area contributed by atoms with Gasteiger partial charge in [-0.1, -0.05) is 36.4 Å². The van der Waals surface area contributed by atoms with Gasteiger partial charge in [-0.2, -0.15) is 0 Å². The van der Waals surface area contributed by atoms with E-state index in [0.29, 0.717) is 12.2 Å². The third-order valence-electron chi connectivity index (χ3n) is 4.82. The highest BCUT2D eigenvalue weighted by Crippen LogP contribution is 2.26. The minimum Gasteiger partial charge on any atom is -0.461 e. The number of carbonyl (C=O) groups is 1. The second kappa shape index (κ2) is 9.59. The van der Waals surface area contributed by atoms with Crippen LogP contribution in [0.4, 0.5) is 8.78 Å². The molecule has 0 bridgehead atoms. The summed E-state index contributed by atoms with van der Waals surface area (Å²) in [6.45, 7) is 5.03. The van der Waals surface area contributed by atoms with Gasteiger partial charge in [0.1, 0.15) is 12.3 Å². The van der Waals surface area contributed by atoms with Gasteiger partial charge in [0.25, 0.3) is 11.8 Å². The molecule has 162 valence electrons. The average Bonchev–Trinajstić information content (AvgIpc) is 2.78. The van der Waals surface area contributed by atoms with Crippen molar-refractivity contribution in [1.82, 2.24) is 19.9 Å². The standard InChI is InChI=1S/C23H24F2N4O2/c1-4-29(16(2)15-31-22-27-13-18(14-28-22)23(3,24)25)21(30)20-19(11-8-12-26-20)17-9-6-5-7-10-17/h5-14,16H,4,15H2,1-3H3/t16-/m0/s1. The number of aromatic nitrogens is 3. The molecule has 0 aliphatic heterocycles. The first-order valence-corrected chi connectivity index (χ1v) is 9.95. The number of nitrogens with zero attached hydrogens (tertiary/aromatic N) is 4. The fourth-order valence-corrected chi connectivity index (χ4v) is 3.12. The van der Waals surface area contributed by atoms with Gasteiger partial charge in [0.05, 0.1) is 11.6 Å². The topological polar surface area (TPSA) is 68.2 Å². The summed E-state index contributed by atoms with van der Waals surface area (Å²) in [5.41, 5.74) is 1.72. The van der Waals surface area contributed by atoms with Gasteiger partial charge >= 0.3 is 6.01 Å². The van der Waals surface area contributed by atoms with E-state index >= 15 is 0 Å². The van der Waals surface area contributed by atoms with Crippen molar-refractivity contribution in [2.45, 2.75) is 32.7 Å². The molecule has 0 unspecified atom stereocenters. The Hall–Kier alpha value is -3.42. The molecule has 2 heterocycles. The number of hydrogen-bond donors (Lipinski definition) is 0. The molecule has 8 heteroatoms. The van der Waals surface area contributed by atoms with Crippen LogP contribution in [0.2, 0.25) is 0 Å². The lowest BCUT2D eigenvalue weighted by atomic mass is 10.0. The number of halogens is 2. The van der Waals surface area contributed by atoms with E-state index in [-0.39, 0.29) is 30.1 Å². The van der Waals surface area contributed by atoms with Gasteiger partial charge < -0.3 is 9.64 Å². The minimum absolute atomic E-state index is 0.0221. The highest BCUT2D eigenvalue weighted by molar-refractivity contribution is 5.99. The molecule has 0 aliphatic rings. The molecule has 0 radical (unpaired) electrons. The van der Waals surface area contributed by atoms with Gasteiger partial charge in [0.15, 0.2) is 0 Å². The van der Waals surface area contributed by atoms with E-state index in [4.69, 9.17) is 4.74 Å². The number of alkyl halides is 2. The maximum Gasteiger partial charge on any atom is 0.316 e. The van der Waals surface area contributed by atoms with Crippen LogP contribution in [0.5, 0.6) is 6.01 Å². The Balaban J connectivity index is 1.73. The number of carbonyl (C=O) groups excluding carboxylic acids is 1. The largest absolute Gasteiger partial charge is 0.461 e. The van der Waals surface area contributed by atoms with Crippen LogP contribution in [0, 0.1) is 0 Å². The smallest absolute Gasteiger partial charge is 0.316 e. The maximum absolute atomic E-state index is 13.3. The summed E-state index contributed by atoms with van der Waals surface area (Å²) in [5, 5.41) is 0. The molecule has 6 nitrogen and oxygen atoms in total. The fraction of sp³-hybridized carbons (Fsp3) is 0.304. The molecule has 0 saturated carbocycles. The lowest BCUT2D eigenvalue weighted by Gasteiger charge is -2.28. The number of pyridine rings is 1. The molecule has 1 aromatic carbocycles. The molecule has 1 amide bonds. The van der Waals surface area contributed by atoms with Crippen LogP contribution in [-0.2, 0) is 5.92 Å². The first-order valence-electron chi connectivity index (χ1n) is 9.95. The van der Waals surface area contributed by atoms with Crippen LogP contribution >= 0.6 is 0 Å². The fourth-order valence-electron chi connectivity index (χ4n) is 3.12. The van der Waals surface area contributed by atoms with Gasteiger partial charge in [-0.05, 0) is 25.5 Å². The molecule has 3 rings (SSSR count). The lowest BCUT2D eigenvalue weighted by molar-refractivity contribution is 0.0165. The number of likely N-dealkylation sites (N-methyl/N-ethyl adjacent to an activating group) is 1. The van der Waals surface area contributed by atoms with Gasteiger partial charge in [-0.15, -0.1) is 0 Å². The zero-order chi connectivity index (χ0) is 22.4. The number of benzene rings is 1. The molecule has 31 heavy (non-hydrogen) atoms. The number of amides is 1. The summed E-state index contributed by atoms with van der Waals surface area (Å²) in [6, 6.07) is 12.9. The first-order chi connectivity index (χ1) is 14.8. The third kappa shape index (κ3) is 5.39. The Morgan fingerprint density at radius 1 is 1.10 bits per heavy atom. The van der Waals surface area contributed by atoms with Crippen LogP contribution in [0.25, 0.3) is 11.1 Å². The van der Waals surface area contributed by atoms with Gasteiger partial charge in [0, 0.05) is 37.6 Å². The Bertz CT molecular complexity index is 1010. The second-order valence-corrected chi connectivity index (χ2v) is 7.16. The summed E-state index contributed by atoms with van der Waals surface area (Å²) in [4.78, 5) is 26.9. The third-order valence-corrected chi connectivity index (χ3v) is 4.82. The summed E-state index contributed by atoms with van der Waals surface area (Å²) in [7, 11) is 0. The van der Waals surface area contributed by atoms with Crippen molar-refractivity contribution in [3.63, 3.8) is 0 Å². The normalized spacial score (nSPS) is 12.3. The van der Waals surface area contributed by atoms with Crippen LogP contribution in [0.15, 0.2) is 61.1 Å². The monoisotopic (exact) mass is 426 g/mol. The molecule has 0 N–H and O–H groups in total. The van der Waals surface area contributed by atoms with E-state index in [0.717, 1.165) is 30.4 Å². The Morgan fingerprint density at radius 3 is 2.39 bits per heavy atom. The second-order valence-electron chi connectivity index (χ2n) is 7.16. The minimum atomic E-state index is -3.02. The van der Waals surface area contributed by atoms with Crippen LogP contribution in [0.3, 0.4) is 0 Å². The first kappa shape index (κ1) is 22.3. The van der Waals surface area contributed by atoms with Crippen LogP contribution in [-0.4, -0.2) is 45.0 Å². The summed E-state index contributed by atoms with van der Waals surface area (Å²) < 4.78 is 32.1. The Labute approximate surface area is 179 Å². The van der Waals surface area contributed by atoms with Crippen LogP contribution in [0.1, 0.15) is 36.8 Å². The van der Waals surface area contributed by atoms with Crippen molar-refractivity contribution in [2.75, 3.05) is 13.2 Å².